The minimum absolute atomic E-state index is 0.103. The molecule has 1 N–H and O–H groups in total. The van der Waals surface area contributed by atoms with E-state index in [0.717, 1.165) is 11.1 Å². The van der Waals surface area contributed by atoms with Gasteiger partial charge in [-0.1, -0.05) is 41.9 Å². The molecule has 0 amide bonds. The van der Waals surface area contributed by atoms with Crippen LogP contribution in [0, 0.1) is 0 Å². The highest BCUT2D eigenvalue weighted by Crippen LogP contribution is 2.28. The molecule has 0 atom stereocenters. The molecular weight excluding hydrogens is 392 g/mol. The second-order valence-electron chi connectivity index (χ2n) is 6.04. The summed E-state index contributed by atoms with van der Waals surface area (Å²) in [5.74, 6) is -0.146. The largest absolute Gasteiger partial charge is 0.545 e. The Kier molecular flexibility index (Phi) is 6.71. The molecule has 0 heterocycles. The number of carboxylic acid groups (broad SMARTS) is 1. The molecule has 3 aromatic carbocycles. The Hall–Kier alpha value is -3.51. The standard InChI is InChI=1S/C22H19ClN2O4/c1-28-21-11-16(7-10-20(21)29-14-15-5-3-2-4-6-15)13-24-25-17-8-9-19(23)18(12-17)22(26)27/h2-13,25H,14H2,1H3,(H,26,27)/p-1/b24-13-. The summed E-state index contributed by atoms with van der Waals surface area (Å²) >= 11 is 5.82. The van der Waals surface area contributed by atoms with Crippen molar-refractivity contribution < 1.29 is 19.4 Å². The molecule has 0 saturated carbocycles. The van der Waals surface area contributed by atoms with E-state index in [-0.39, 0.29) is 10.6 Å². The van der Waals surface area contributed by atoms with Gasteiger partial charge >= 0.3 is 0 Å². The second-order valence-corrected chi connectivity index (χ2v) is 6.44. The third kappa shape index (κ3) is 5.49. The van der Waals surface area contributed by atoms with Crippen molar-refractivity contribution in [2.24, 2.45) is 5.10 Å². The lowest BCUT2D eigenvalue weighted by Crippen LogP contribution is -2.22. The molecule has 29 heavy (non-hydrogen) atoms. The fraction of sp³-hybridized carbons (Fsp3) is 0.0909. The molecule has 0 aliphatic carbocycles. The molecular formula is C22H18ClN2O4-. The summed E-state index contributed by atoms with van der Waals surface area (Å²) in [6, 6.07) is 19.7. The molecule has 0 saturated heterocycles. The van der Waals surface area contributed by atoms with Gasteiger partial charge in [-0.15, -0.1) is 0 Å². The number of halogens is 1. The Morgan fingerprint density at radius 3 is 2.62 bits per heavy atom. The van der Waals surface area contributed by atoms with Crippen LogP contribution in [-0.2, 0) is 6.61 Å². The molecule has 148 valence electrons. The summed E-state index contributed by atoms with van der Waals surface area (Å²) in [4.78, 5) is 11.0. The van der Waals surface area contributed by atoms with Crippen LogP contribution in [0.4, 0.5) is 5.69 Å². The Balaban J connectivity index is 1.66. The highest BCUT2D eigenvalue weighted by Gasteiger charge is 2.06. The van der Waals surface area contributed by atoms with Gasteiger partial charge in [-0.05, 0) is 47.5 Å². The molecule has 0 fully saturated rings. The first-order valence-corrected chi connectivity index (χ1v) is 9.09. The average molecular weight is 410 g/mol. The Morgan fingerprint density at radius 2 is 1.90 bits per heavy atom. The smallest absolute Gasteiger partial charge is 0.161 e. The third-order valence-electron chi connectivity index (χ3n) is 4.02. The predicted octanol–water partition coefficient (Wildman–Crippen LogP) is 3.74. The molecule has 6 nitrogen and oxygen atoms in total. The number of nitrogens with one attached hydrogen (secondary N) is 1. The fourth-order valence-corrected chi connectivity index (χ4v) is 2.75. The van der Waals surface area contributed by atoms with Gasteiger partial charge in [0.25, 0.3) is 0 Å². The first-order chi connectivity index (χ1) is 14.1. The van der Waals surface area contributed by atoms with E-state index < -0.39 is 5.97 Å². The topological polar surface area (TPSA) is 83.0 Å². The summed E-state index contributed by atoms with van der Waals surface area (Å²) in [6.07, 6.45) is 1.58. The highest BCUT2D eigenvalue weighted by atomic mass is 35.5. The number of benzene rings is 3. The highest BCUT2D eigenvalue weighted by molar-refractivity contribution is 6.33. The average Bonchev–Trinajstić information content (AvgIpc) is 2.74. The molecule has 3 aromatic rings. The number of hydrogen-bond donors (Lipinski definition) is 1. The van der Waals surface area contributed by atoms with Crippen molar-refractivity contribution >= 4 is 29.5 Å². The van der Waals surface area contributed by atoms with Crippen LogP contribution in [0.1, 0.15) is 21.5 Å². The van der Waals surface area contributed by atoms with Crippen LogP contribution in [0.2, 0.25) is 5.02 Å². The lowest BCUT2D eigenvalue weighted by Gasteiger charge is -2.11. The van der Waals surface area contributed by atoms with Crippen molar-refractivity contribution in [3.05, 3.63) is 88.4 Å². The van der Waals surface area contributed by atoms with Gasteiger partial charge in [0.15, 0.2) is 11.5 Å². The van der Waals surface area contributed by atoms with Gasteiger partial charge in [-0.25, -0.2) is 0 Å². The molecule has 0 radical (unpaired) electrons. The molecule has 0 spiro atoms. The lowest BCUT2D eigenvalue weighted by atomic mass is 10.2. The van der Waals surface area contributed by atoms with E-state index in [0.29, 0.717) is 23.8 Å². The zero-order valence-electron chi connectivity index (χ0n) is 15.6. The van der Waals surface area contributed by atoms with E-state index in [1.807, 2.05) is 36.4 Å². The van der Waals surface area contributed by atoms with Crippen LogP contribution in [0.25, 0.3) is 0 Å². The normalized spacial score (nSPS) is 10.7. The van der Waals surface area contributed by atoms with Crippen molar-refractivity contribution in [2.45, 2.75) is 6.61 Å². The number of aromatic carboxylic acids is 1. The summed E-state index contributed by atoms with van der Waals surface area (Å²) in [6.45, 7) is 0.434. The monoisotopic (exact) mass is 409 g/mol. The van der Waals surface area contributed by atoms with Crippen LogP contribution in [-0.4, -0.2) is 19.3 Å². The van der Waals surface area contributed by atoms with Gasteiger partial charge in [-0.2, -0.15) is 5.10 Å². The first-order valence-electron chi connectivity index (χ1n) is 8.71. The van der Waals surface area contributed by atoms with Gasteiger partial charge in [0.2, 0.25) is 0 Å². The molecule has 3 rings (SSSR count). The summed E-state index contributed by atoms with van der Waals surface area (Å²) in [5, 5.41) is 15.2. The van der Waals surface area contributed by atoms with Gasteiger partial charge < -0.3 is 19.4 Å². The number of ether oxygens (including phenoxy) is 2. The molecule has 0 aliphatic heterocycles. The SMILES string of the molecule is COc1cc(/C=N\Nc2ccc(Cl)c(C(=O)[O-])c2)ccc1OCc1ccccc1. The number of nitrogens with zero attached hydrogens (tertiary/aromatic N) is 1. The zero-order valence-corrected chi connectivity index (χ0v) is 16.3. The first kappa shape index (κ1) is 20.2. The number of carbonyl (C=O) groups is 1. The number of hydrogen-bond acceptors (Lipinski definition) is 6. The summed E-state index contributed by atoms with van der Waals surface area (Å²) in [5.41, 5.74) is 4.96. The maximum atomic E-state index is 11.0. The molecule has 0 aliphatic rings. The molecule has 0 bridgehead atoms. The maximum Gasteiger partial charge on any atom is 0.161 e. The van der Waals surface area contributed by atoms with Crippen molar-refractivity contribution in [1.82, 2.24) is 0 Å². The minimum Gasteiger partial charge on any atom is -0.545 e. The van der Waals surface area contributed by atoms with E-state index in [1.165, 1.54) is 12.1 Å². The molecule has 0 aromatic heterocycles. The van der Waals surface area contributed by atoms with Crippen molar-refractivity contribution in [1.29, 1.82) is 0 Å². The van der Waals surface area contributed by atoms with Crippen molar-refractivity contribution in [3.63, 3.8) is 0 Å². The Morgan fingerprint density at radius 1 is 1.10 bits per heavy atom. The Labute approximate surface area is 173 Å². The zero-order chi connectivity index (χ0) is 20.6. The molecule has 0 unspecified atom stereocenters. The van der Waals surface area contributed by atoms with E-state index in [9.17, 15) is 9.90 Å². The molecule has 7 heteroatoms. The van der Waals surface area contributed by atoms with Crippen molar-refractivity contribution in [2.75, 3.05) is 12.5 Å². The van der Waals surface area contributed by atoms with Gasteiger partial charge in [0.05, 0.1) is 25.0 Å². The van der Waals surface area contributed by atoms with E-state index in [4.69, 9.17) is 21.1 Å². The van der Waals surface area contributed by atoms with Crippen LogP contribution in [0.15, 0.2) is 71.8 Å². The number of anilines is 1. The van der Waals surface area contributed by atoms with E-state index in [2.05, 4.69) is 10.5 Å². The third-order valence-corrected chi connectivity index (χ3v) is 4.35. The number of hydrazone groups is 1. The quantitative estimate of drug-likeness (QED) is 0.452. The minimum atomic E-state index is -1.35. The predicted molar refractivity (Wildman–Crippen MR) is 111 cm³/mol. The number of carboxylic acids is 1. The van der Waals surface area contributed by atoms with E-state index >= 15 is 0 Å². The van der Waals surface area contributed by atoms with E-state index in [1.54, 1.807) is 31.5 Å². The van der Waals surface area contributed by atoms with Crippen LogP contribution < -0.4 is 20.0 Å². The van der Waals surface area contributed by atoms with Crippen molar-refractivity contribution in [3.8, 4) is 11.5 Å². The van der Waals surface area contributed by atoms with Gasteiger partial charge in [-0.3, -0.25) is 5.43 Å². The Bertz CT molecular complexity index is 1020. The lowest BCUT2D eigenvalue weighted by molar-refractivity contribution is -0.255. The number of rotatable bonds is 8. The maximum absolute atomic E-state index is 11.0. The summed E-state index contributed by atoms with van der Waals surface area (Å²) in [7, 11) is 1.57. The van der Waals surface area contributed by atoms with Gasteiger partial charge in [0.1, 0.15) is 6.61 Å². The number of carbonyl (C=O) groups excluding carboxylic acids is 1. The van der Waals surface area contributed by atoms with Gasteiger partial charge in [0, 0.05) is 10.6 Å². The second kappa shape index (κ2) is 9.61. The number of methoxy groups -OCH3 is 1. The van der Waals surface area contributed by atoms with Crippen LogP contribution in [0.3, 0.4) is 0 Å². The van der Waals surface area contributed by atoms with Crippen LogP contribution >= 0.6 is 11.6 Å². The van der Waals surface area contributed by atoms with Crippen LogP contribution in [0.5, 0.6) is 11.5 Å². The fourth-order valence-electron chi connectivity index (χ4n) is 2.55. The summed E-state index contributed by atoms with van der Waals surface area (Å²) < 4.78 is 11.2.